The number of ether oxygens (including phenoxy) is 1. The molecule has 0 amide bonds. The van der Waals surface area contributed by atoms with Crippen LogP contribution in [0, 0.1) is 13.8 Å². The summed E-state index contributed by atoms with van der Waals surface area (Å²) >= 11 is 7.02. The Kier molecular flexibility index (Phi) is 5.49. The minimum atomic E-state index is -3.14. The normalized spacial score (nSPS) is 15.1. The molecular formula is C13H18Br2O3S. The molecule has 0 saturated carbocycles. The van der Waals surface area contributed by atoms with Crippen molar-refractivity contribution in [1.29, 1.82) is 0 Å². The summed E-state index contributed by atoms with van der Waals surface area (Å²) in [5.41, 5.74) is 2.84. The highest BCUT2D eigenvalue weighted by atomic mass is 79.9. The van der Waals surface area contributed by atoms with Crippen molar-refractivity contribution in [2.45, 2.75) is 30.8 Å². The van der Waals surface area contributed by atoms with Gasteiger partial charge in [-0.15, -0.1) is 0 Å². The van der Waals surface area contributed by atoms with E-state index in [1.54, 1.807) is 14.0 Å². The lowest BCUT2D eigenvalue weighted by Crippen LogP contribution is -2.22. The zero-order chi connectivity index (χ0) is 15.0. The molecule has 108 valence electrons. The van der Waals surface area contributed by atoms with Crippen LogP contribution in [0.5, 0.6) is 5.75 Å². The summed E-state index contributed by atoms with van der Waals surface area (Å²) in [6.45, 7) is 5.59. The average molecular weight is 414 g/mol. The molecule has 1 aromatic rings. The Labute approximate surface area is 131 Å². The standard InChI is InChI=1S/C13H18Br2O3S/c1-7-6-10(14)8(2)11(13(7)18-4)12(15)9(3)19(5,16)17/h6,9,12H,1-5H3. The van der Waals surface area contributed by atoms with Crippen molar-refractivity contribution in [3.05, 3.63) is 27.2 Å². The van der Waals surface area contributed by atoms with Gasteiger partial charge in [0, 0.05) is 16.3 Å². The molecule has 0 heterocycles. The predicted octanol–water partition coefficient (Wildman–Crippen LogP) is 3.94. The molecule has 19 heavy (non-hydrogen) atoms. The molecule has 0 aromatic heterocycles. The van der Waals surface area contributed by atoms with Crippen LogP contribution in [0.2, 0.25) is 0 Å². The van der Waals surface area contributed by atoms with Gasteiger partial charge in [0.25, 0.3) is 0 Å². The molecular weight excluding hydrogens is 396 g/mol. The van der Waals surface area contributed by atoms with Gasteiger partial charge in [-0.3, -0.25) is 0 Å². The van der Waals surface area contributed by atoms with E-state index in [9.17, 15) is 8.42 Å². The van der Waals surface area contributed by atoms with Gasteiger partial charge in [0.15, 0.2) is 9.84 Å². The summed E-state index contributed by atoms with van der Waals surface area (Å²) in [6, 6.07) is 1.97. The Morgan fingerprint density at radius 2 is 1.84 bits per heavy atom. The van der Waals surface area contributed by atoms with Crippen LogP contribution in [0.4, 0.5) is 0 Å². The van der Waals surface area contributed by atoms with Crippen LogP contribution in [0.3, 0.4) is 0 Å². The first-order valence-corrected chi connectivity index (χ1v) is 9.44. The van der Waals surface area contributed by atoms with Crippen molar-refractivity contribution in [3.8, 4) is 5.75 Å². The summed E-state index contributed by atoms with van der Waals surface area (Å²) in [5, 5.41) is -0.534. The van der Waals surface area contributed by atoms with Crippen LogP contribution >= 0.6 is 31.9 Å². The van der Waals surface area contributed by atoms with Gasteiger partial charge in [-0.25, -0.2) is 8.42 Å². The molecule has 0 spiro atoms. The maximum atomic E-state index is 11.7. The van der Waals surface area contributed by atoms with Crippen molar-refractivity contribution < 1.29 is 13.2 Å². The van der Waals surface area contributed by atoms with Crippen molar-refractivity contribution in [3.63, 3.8) is 0 Å². The minimum Gasteiger partial charge on any atom is -0.496 e. The van der Waals surface area contributed by atoms with E-state index in [-0.39, 0.29) is 4.83 Å². The number of hydrogen-bond acceptors (Lipinski definition) is 3. The lowest BCUT2D eigenvalue weighted by molar-refractivity contribution is 0.405. The third-order valence-electron chi connectivity index (χ3n) is 3.28. The molecule has 2 unspecified atom stereocenters. The molecule has 0 fully saturated rings. The fourth-order valence-electron chi connectivity index (χ4n) is 1.93. The molecule has 2 atom stereocenters. The van der Waals surface area contributed by atoms with E-state index in [0.717, 1.165) is 26.9 Å². The Bertz CT molecular complexity index is 582. The second-order valence-electron chi connectivity index (χ2n) is 4.68. The number of rotatable bonds is 4. The molecule has 1 rings (SSSR count). The predicted molar refractivity (Wildman–Crippen MR) is 86.1 cm³/mol. The highest BCUT2D eigenvalue weighted by Gasteiger charge is 2.30. The fourth-order valence-corrected chi connectivity index (χ4v) is 4.78. The Morgan fingerprint density at radius 3 is 2.26 bits per heavy atom. The van der Waals surface area contributed by atoms with Crippen LogP contribution in [-0.4, -0.2) is 27.0 Å². The van der Waals surface area contributed by atoms with Crippen LogP contribution in [0.25, 0.3) is 0 Å². The summed E-state index contributed by atoms with van der Waals surface area (Å²) in [5.74, 6) is 0.734. The van der Waals surface area contributed by atoms with Crippen LogP contribution in [0.15, 0.2) is 10.5 Å². The van der Waals surface area contributed by atoms with Crippen molar-refractivity contribution >= 4 is 41.7 Å². The Balaban J connectivity index is 3.49. The monoisotopic (exact) mass is 412 g/mol. The summed E-state index contributed by atoms with van der Waals surface area (Å²) in [4.78, 5) is -0.311. The first-order valence-electron chi connectivity index (χ1n) is 5.77. The number of sulfone groups is 1. The molecule has 3 nitrogen and oxygen atoms in total. The summed E-state index contributed by atoms with van der Waals surface area (Å²) in [7, 11) is -1.53. The molecule has 0 saturated heterocycles. The van der Waals surface area contributed by atoms with Gasteiger partial charge in [-0.1, -0.05) is 31.9 Å². The van der Waals surface area contributed by atoms with Gasteiger partial charge in [-0.2, -0.15) is 0 Å². The van der Waals surface area contributed by atoms with Gasteiger partial charge in [0.1, 0.15) is 5.75 Å². The summed E-state index contributed by atoms with van der Waals surface area (Å²) in [6.07, 6.45) is 1.25. The van der Waals surface area contributed by atoms with Crippen molar-refractivity contribution in [1.82, 2.24) is 0 Å². The van der Waals surface area contributed by atoms with E-state index in [1.165, 1.54) is 6.26 Å². The van der Waals surface area contributed by atoms with E-state index in [4.69, 9.17) is 4.74 Å². The lowest BCUT2D eigenvalue weighted by atomic mass is 9.99. The SMILES string of the molecule is COc1c(C)cc(Br)c(C)c1C(Br)C(C)S(C)(=O)=O. The smallest absolute Gasteiger partial charge is 0.151 e. The zero-order valence-electron chi connectivity index (χ0n) is 11.6. The van der Waals surface area contributed by atoms with Crippen molar-refractivity contribution in [2.24, 2.45) is 0 Å². The van der Waals surface area contributed by atoms with E-state index in [2.05, 4.69) is 31.9 Å². The molecule has 0 aliphatic rings. The third kappa shape index (κ3) is 3.52. The summed E-state index contributed by atoms with van der Waals surface area (Å²) < 4.78 is 29.9. The van der Waals surface area contributed by atoms with Gasteiger partial charge in [0.05, 0.1) is 17.2 Å². The van der Waals surface area contributed by atoms with Gasteiger partial charge < -0.3 is 4.74 Å². The highest BCUT2D eigenvalue weighted by molar-refractivity contribution is 9.10. The molecule has 0 N–H and O–H groups in total. The molecule has 1 aromatic carbocycles. The van der Waals surface area contributed by atoms with Gasteiger partial charge in [0.2, 0.25) is 0 Å². The first-order chi connectivity index (χ1) is 8.61. The van der Waals surface area contributed by atoms with Crippen LogP contribution in [-0.2, 0) is 9.84 Å². The number of aryl methyl sites for hydroxylation is 1. The number of alkyl halides is 1. The number of benzene rings is 1. The molecule has 0 aliphatic heterocycles. The fraction of sp³-hybridized carbons (Fsp3) is 0.538. The van der Waals surface area contributed by atoms with Gasteiger partial charge >= 0.3 is 0 Å². The van der Waals surface area contributed by atoms with Crippen molar-refractivity contribution in [2.75, 3.05) is 13.4 Å². The quantitative estimate of drug-likeness (QED) is 0.702. The van der Waals surface area contributed by atoms with Crippen LogP contribution < -0.4 is 4.74 Å². The van der Waals surface area contributed by atoms with E-state index >= 15 is 0 Å². The Morgan fingerprint density at radius 1 is 1.32 bits per heavy atom. The number of halogens is 2. The maximum Gasteiger partial charge on any atom is 0.151 e. The maximum absolute atomic E-state index is 11.7. The lowest BCUT2D eigenvalue weighted by Gasteiger charge is -2.23. The third-order valence-corrected chi connectivity index (χ3v) is 7.32. The minimum absolute atomic E-state index is 0.311. The van der Waals surface area contributed by atoms with E-state index in [1.807, 2.05) is 19.9 Å². The zero-order valence-corrected chi connectivity index (χ0v) is 15.6. The number of methoxy groups -OCH3 is 1. The van der Waals surface area contributed by atoms with E-state index in [0.29, 0.717) is 0 Å². The average Bonchev–Trinajstić information content (AvgIpc) is 2.30. The van der Waals surface area contributed by atoms with Gasteiger partial charge in [-0.05, 0) is 38.0 Å². The second-order valence-corrected chi connectivity index (χ2v) is 8.93. The van der Waals surface area contributed by atoms with Crippen LogP contribution in [0.1, 0.15) is 28.4 Å². The largest absolute Gasteiger partial charge is 0.496 e. The molecule has 0 aliphatic carbocycles. The molecule has 0 radical (unpaired) electrons. The molecule has 6 heteroatoms. The number of hydrogen-bond donors (Lipinski definition) is 0. The first kappa shape index (κ1) is 17.0. The topological polar surface area (TPSA) is 43.4 Å². The molecule has 0 bridgehead atoms. The van der Waals surface area contributed by atoms with E-state index < -0.39 is 15.1 Å². The highest BCUT2D eigenvalue weighted by Crippen LogP contribution is 2.42. The Hall–Kier alpha value is -0.0700. The second kappa shape index (κ2) is 6.14.